The van der Waals surface area contributed by atoms with Gasteiger partial charge in [0.25, 0.3) is 0 Å². The predicted octanol–water partition coefficient (Wildman–Crippen LogP) is 3.75. The second-order valence-corrected chi connectivity index (χ2v) is 5.41. The molecule has 0 aliphatic heterocycles. The third-order valence-electron chi connectivity index (χ3n) is 2.67. The van der Waals surface area contributed by atoms with Crippen LogP contribution in [0.3, 0.4) is 0 Å². The molecule has 0 unspecified atom stereocenters. The minimum atomic E-state index is 0.00509. The van der Waals surface area contributed by atoms with Crippen molar-refractivity contribution in [2.45, 2.75) is 33.1 Å². The number of rotatable bonds is 1. The van der Waals surface area contributed by atoms with E-state index in [0.29, 0.717) is 0 Å². The topological polar surface area (TPSA) is 25.8 Å². The third-order valence-corrected chi connectivity index (χ3v) is 2.67. The summed E-state index contributed by atoms with van der Waals surface area (Å²) in [5.41, 5.74) is 3.50. The lowest BCUT2D eigenvalue weighted by Gasteiger charge is -2.16. The Hall–Kier alpha value is -1.70. The van der Waals surface area contributed by atoms with E-state index in [2.05, 4.69) is 61.9 Å². The lowest BCUT2D eigenvalue weighted by molar-refractivity contribution is 0.545. The van der Waals surface area contributed by atoms with Crippen LogP contribution in [-0.2, 0) is 5.41 Å². The largest absolute Gasteiger partial charge is 0.240 e. The van der Waals surface area contributed by atoms with Gasteiger partial charge in [-0.2, -0.15) is 0 Å². The van der Waals surface area contributed by atoms with Gasteiger partial charge in [-0.1, -0.05) is 50.6 Å². The zero-order valence-electron chi connectivity index (χ0n) is 10.9. The van der Waals surface area contributed by atoms with Gasteiger partial charge < -0.3 is 0 Å². The first-order chi connectivity index (χ1) is 7.97. The van der Waals surface area contributed by atoms with Crippen LogP contribution in [0.15, 0.2) is 36.7 Å². The van der Waals surface area contributed by atoms with Crippen LogP contribution < -0.4 is 0 Å². The maximum atomic E-state index is 4.44. The molecule has 1 heterocycles. The summed E-state index contributed by atoms with van der Waals surface area (Å²) in [7, 11) is 0. The molecule has 0 saturated carbocycles. The van der Waals surface area contributed by atoms with Crippen molar-refractivity contribution in [2.75, 3.05) is 0 Å². The number of benzene rings is 1. The standard InChI is InChI=1S/C15H18N2/c1-11-6-5-7-12(8-11)13-9-16-14(17-10-13)15(2,3)4/h5-10H,1-4H3. The first-order valence-electron chi connectivity index (χ1n) is 5.86. The van der Waals surface area contributed by atoms with Crippen molar-refractivity contribution in [3.05, 3.63) is 48.0 Å². The monoisotopic (exact) mass is 226 g/mol. The fraction of sp³-hybridized carbons (Fsp3) is 0.333. The highest BCUT2D eigenvalue weighted by Crippen LogP contribution is 2.22. The Morgan fingerprint density at radius 3 is 2.12 bits per heavy atom. The predicted molar refractivity (Wildman–Crippen MR) is 70.9 cm³/mol. The van der Waals surface area contributed by atoms with Gasteiger partial charge in [0.15, 0.2) is 0 Å². The zero-order chi connectivity index (χ0) is 12.5. The smallest absolute Gasteiger partial charge is 0.133 e. The fourth-order valence-electron chi connectivity index (χ4n) is 1.69. The Kier molecular flexibility index (Phi) is 2.97. The lowest BCUT2D eigenvalue weighted by atomic mass is 9.95. The molecule has 0 amide bonds. The molecule has 0 radical (unpaired) electrons. The van der Waals surface area contributed by atoms with Crippen LogP contribution in [-0.4, -0.2) is 9.97 Å². The minimum Gasteiger partial charge on any atom is -0.240 e. The van der Waals surface area contributed by atoms with Crippen LogP contribution in [0, 0.1) is 6.92 Å². The number of nitrogens with zero attached hydrogens (tertiary/aromatic N) is 2. The van der Waals surface area contributed by atoms with Gasteiger partial charge in [0.1, 0.15) is 5.82 Å². The molecule has 2 aromatic rings. The number of aryl methyl sites for hydroxylation is 1. The van der Waals surface area contributed by atoms with E-state index in [1.807, 2.05) is 12.4 Å². The molecular weight excluding hydrogens is 208 g/mol. The Bertz CT molecular complexity index is 507. The normalized spacial score (nSPS) is 11.5. The highest BCUT2D eigenvalue weighted by molar-refractivity contribution is 5.62. The summed E-state index contributed by atoms with van der Waals surface area (Å²) in [6, 6.07) is 8.38. The Morgan fingerprint density at radius 2 is 1.59 bits per heavy atom. The first kappa shape index (κ1) is 11.8. The maximum Gasteiger partial charge on any atom is 0.133 e. The van der Waals surface area contributed by atoms with E-state index in [0.717, 1.165) is 11.4 Å². The van der Waals surface area contributed by atoms with E-state index in [1.165, 1.54) is 11.1 Å². The molecule has 0 aliphatic carbocycles. The van der Waals surface area contributed by atoms with Gasteiger partial charge in [-0.05, 0) is 12.5 Å². The highest BCUT2D eigenvalue weighted by atomic mass is 14.9. The molecule has 0 saturated heterocycles. The molecule has 17 heavy (non-hydrogen) atoms. The van der Waals surface area contributed by atoms with Crippen molar-refractivity contribution >= 4 is 0 Å². The summed E-state index contributed by atoms with van der Waals surface area (Å²) in [5, 5.41) is 0. The number of hydrogen-bond acceptors (Lipinski definition) is 2. The molecule has 0 spiro atoms. The van der Waals surface area contributed by atoms with E-state index in [1.54, 1.807) is 0 Å². The molecule has 1 aromatic heterocycles. The molecule has 2 nitrogen and oxygen atoms in total. The Balaban J connectivity index is 2.36. The van der Waals surface area contributed by atoms with Crippen molar-refractivity contribution in [2.24, 2.45) is 0 Å². The summed E-state index contributed by atoms with van der Waals surface area (Å²) in [5.74, 6) is 0.883. The summed E-state index contributed by atoms with van der Waals surface area (Å²) < 4.78 is 0. The van der Waals surface area contributed by atoms with E-state index in [4.69, 9.17) is 0 Å². The average Bonchev–Trinajstić information content (AvgIpc) is 2.28. The molecule has 2 heteroatoms. The molecule has 0 bridgehead atoms. The van der Waals surface area contributed by atoms with Gasteiger partial charge in [0, 0.05) is 23.4 Å². The van der Waals surface area contributed by atoms with Crippen LogP contribution in [0.5, 0.6) is 0 Å². The van der Waals surface area contributed by atoms with Crippen molar-refractivity contribution in [3.8, 4) is 11.1 Å². The highest BCUT2D eigenvalue weighted by Gasteiger charge is 2.16. The Morgan fingerprint density at radius 1 is 0.941 bits per heavy atom. The molecule has 0 N–H and O–H groups in total. The summed E-state index contributed by atoms with van der Waals surface area (Å²) in [6.07, 6.45) is 3.81. The van der Waals surface area contributed by atoms with Crippen molar-refractivity contribution < 1.29 is 0 Å². The van der Waals surface area contributed by atoms with Crippen molar-refractivity contribution in [3.63, 3.8) is 0 Å². The summed E-state index contributed by atoms with van der Waals surface area (Å²) in [6.45, 7) is 8.45. The lowest BCUT2D eigenvalue weighted by Crippen LogP contribution is -2.15. The van der Waals surface area contributed by atoms with E-state index >= 15 is 0 Å². The molecule has 0 fully saturated rings. The SMILES string of the molecule is Cc1cccc(-c2cnc(C(C)(C)C)nc2)c1. The molecule has 0 aliphatic rings. The van der Waals surface area contributed by atoms with Crippen LogP contribution in [0.25, 0.3) is 11.1 Å². The molecular formula is C15H18N2. The molecule has 1 aromatic carbocycles. The van der Waals surface area contributed by atoms with Gasteiger partial charge in [0.2, 0.25) is 0 Å². The van der Waals surface area contributed by atoms with E-state index < -0.39 is 0 Å². The first-order valence-corrected chi connectivity index (χ1v) is 5.86. The fourth-order valence-corrected chi connectivity index (χ4v) is 1.69. The molecule has 88 valence electrons. The van der Waals surface area contributed by atoms with Crippen LogP contribution >= 0.6 is 0 Å². The maximum absolute atomic E-state index is 4.44. The van der Waals surface area contributed by atoms with E-state index in [9.17, 15) is 0 Å². The molecule has 2 rings (SSSR count). The van der Waals surface area contributed by atoms with Crippen LogP contribution in [0.1, 0.15) is 32.2 Å². The van der Waals surface area contributed by atoms with Crippen LogP contribution in [0.2, 0.25) is 0 Å². The number of aromatic nitrogens is 2. The van der Waals surface area contributed by atoms with Gasteiger partial charge in [-0.25, -0.2) is 9.97 Å². The van der Waals surface area contributed by atoms with Gasteiger partial charge in [-0.3, -0.25) is 0 Å². The number of hydrogen-bond donors (Lipinski definition) is 0. The molecule has 0 atom stereocenters. The quantitative estimate of drug-likeness (QED) is 0.740. The summed E-state index contributed by atoms with van der Waals surface area (Å²) in [4.78, 5) is 8.89. The second-order valence-electron chi connectivity index (χ2n) is 5.41. The van der Waals surface area contributed by atoms with Crippen LogP contribution in [0.4, 0.5) is 0 Å². The van der Waals surface area contributed by atoms with Gasteiger partial charge >= 0.3 is 0 Å². The van der Waals surface area contributed by atoms with Crippen molar-refractivity contribution in [1.82, 2.24) is 9.97 Å². The van der Waals surface area contributed by atoms with E-state index in [-0.39, 0.29) is 5.41 Å². The van der Waals surface area contributed by atoms with Gasteiger partial charge in [-0.15, -0.1) is 0 Å². The summed E-state index contributed by atoms with van der Waals surface area (Å²) >= 11 is 0. The Labute approximate surface area is 103 Å². The van der Waals surface area contributed by atoms with Crippen molar-refractivity contribution in [1.29, 1.82) is 0 Å². The third kappa shape index (κ3) is 2.70. The zero-order valence-corrected chi connectivity index (χ0v) is 10.9. The minimum absolute atomic E-state index is 0.00509. The average molecular weight is 226 g/mol. The second kappa shape index (κ2) is 4.28. The van der Waals surface area contributed by atoms with Gasteiger partial charge in [0.05, 0.1) is 0 Å².